The third kappa shape index (κ3) is 3.75. The van der Waals surface area contributed by atoms with E-state index in [0.717, 1.165) is 12.8 Å². The molecule has 2 nitrogen and oxygen atoms in total. The number of allylic oxidation sites excluding steroid dienone is 4. The van der Waals surface area contributed by atoms with Crippen LogP contribution >= 0.6 is 0 Å². The van der Waals surface area contributed by atoms with Crippen LogP contribution in [0.15, 0.2) is 23.7 Å². The molecule has 0 unspecified atom stereocenters. The van der Waals surface area contributed by atoms with Crippen LogP contribution < -0.4 is 0 Å². The van der Waals surface area contributed by atoms with Gasteiger partial charge >= 0.3 is 0 Å². The summed E-state index contributed by atoms with van der Waals surface area (Å²) in [5.41, 5.74) is 0. The molecular formula is C14H26O2Si2. The number of fused-ring (bicyclic) bond motifs is 1. The maximum absolute atomic E-state index is 6.11. The van der Waals surface area contributed by atoms with Gasteiger partial charge in [0.1, 0.15) is 0 Å². The molecule has 0 aromatic carbocycles. The predicted molar refractivity (Wildman–Crippen MR) is 81.2 cm³/mol. The zero-order valence-corrected chi connectivity index (χ0v) is 14.5. The van der Waals surface area contributed by atoms with Gasteiger partial charge in [-0.1, -0.05) is 0 Å². The topological polar surface area (TPSA) is 18.5 Å². The second-order valence-electron chi connectivity index (χ2n) is 7.44. The Bertz CT molecular complexity index is 350. The van der Waals surface area contributed by atoms with Crippen molar-refractivity contribution in [1.29, 1.82) is 0 Å². The molecule has 0 spiro atoms. The molecule has 0 atom stereocenters. The Hall–Kier alpha value is -0.486. The Morgan fingerprint density at radius 1 is 0.833 bits per heavy atom. The molecule has 2 rings (SSSR count). The van der Waals surface area contributed by atoms with E-state index in [-0.39, 0.29) is 0 Å². The van der Waals surface area contributed by atoms with Gasteiger partial charge in [-0.2, -0.15) is 0 Å². The molecule has 0 heterocycles. The molecule has 4 heteroatoms. The van der Waals surface area contributed by atoms with Gasteiger partial charge in [-0.25, -0.2) is 0 Å². The van der Waals surface area contributed by atoms with Crippen LogP contribution in [0.2, 0.25) is 39.3 Å². The molecule has 2 aliphatic carbocycles. The third-order valence-corrected chi connectivity index (χ3v) is 4.85. The van der Waals surface area contributed by atoms with E-state index in [1.807, 2.05) is 0 Å². The van der Waals surface area contributed by atoms with Gasteiger partial charge < -0.3 is 8.85 Å². The molecule has 0 aromatic heterocycles. The minimum Gasteiger partial charge on any atom is -0.548 e. The molecule has 2 aliphatic rings. The van der Waals surface area contributed by atoms with E-state index in [1.165, 1.54) is 11.5 Å². The maximum Gasteiger partial charge on any atom is 0.241 e. The molecular weight excluding hydrogens is 256 g/mol. The Balaban J connectivity index is 1.98. The largest absolute Gasteiger partial charge is 0.548 e. The molecule has 18 heavy (non-hydrogen) atoms. The van der Waals surface area contributed by atoms with Gasteiger partial charge in [-0.05, 0) is 57.4 Å². The molecule has 0 radical (unpaired) electrons. The molecule has 102 valence electrons. The van der Waals surface area contributed by atoms with Crippen LogP contribution in [0.1, 0.15) is 12.8 Å². The van der Waals surface area contributed by atoms with Crippen molar-refractivity contribution >= 4 is 16.6 Å². The van der Waals surface area contributed by atoms with Gasteiger partial charge in [-0.15, -0.1) is 0 Å². The minimum absolute atomic E-state index is 0.558. The minimum atomic E-state index is -1.44. The SMILES string of the molecule is C[Si](C)(C)OC1=CC2C=C(O[Si](C)(C)C)CC2C1. The van der Waals surface area contributed by atoms with Gasteiger partial charge in [0.25, 0.3) is 0 Å². The monoisotopic (exact) mass is 282 g/mol. The van der Waals surface area contributed by atoms with Crippen LogP contribution in [0.25, 0.3) is 0 Å². The molecule has 0 aromatic rings. The molecule has 0 aliphatic heterocycles. The van der Waals surface area contributed by atoms with E-state index in [0.29, 0.717) is 11.8 Å². The fourth-order valence-corrected chi connectivity index (χ4v) is 4.56. The first-order valence-electron chi connectivity index (χ1n) is 6.92. The van der Waals surface area contributed by atoms with E-state index >= 15 is 0 Å². The lowest BCUT2D eigenvalue weighted by Crippen LogP contribution is -2.25. The number of hydrogen-bond donors (Lipinski definition) is 0. The fourth-order valence-electron chi connectivity index (χ4n) is 2.68. The van der Waals surface area contributed by atoms with Crippen LogP contribution in [-0.2, 0) is 8.85 Å². The highest BCUT2D eigenvalue weighted by Crippen LogP contribution is 2.43. The van der Waals surface area contributed by atoms with Gasteiger partial charge in [0.15, 0.2) is 0 Å². The van der Waals surface area contributed by atoms with Crippen LogP contribution in [0, 0.1) is 11.8 Å². The van der Waals surface area contributed by atoms with Gasteiger partial charge in [-0.3, -0.25) is 0 Å². The molecule has 0 saturated carbocycles. The zero-order chi connectivity index (χ0) is 13.6. The van der Waals surface area contributed by atoms with E-state index in [2.05, 4.69) is 51.4 Å². The lowest BCUT2D eigenvalue weighted by atomic mass is 9.99. The first-order valence-corrected chi connectivity index (χ1v) is 13.7. The van der Waals surface area contributed by atoms with E-state index < -0.39 is 16.6 Å². The highest BCUT2D eigenvalue weighted by molar-refractivity contribution is 6.70. The summed E-state index contributed by atoms with van der Waals surface area (Å²) in [6, 6.07) is 0. The Morgan fingerprint density at radius 3 is 1.50 bits per heavy atom. The van der Waals surface area contributed by atoms with E-state index in [9.17, 15) is 0 Å². The lowest BCUT2D eigenvalue weighted by Gasteiger charge is -2.22. The summed E-state index contributed by atoms with van der Waals surface area (Å²) in [6.07, 6.45) is 6.85. The van der Waals surface area contributed by atoms with Crippen molar-refractivity contribution in [2.75, 3.05) is 0 Å². The molecule has 0 amide bonds. The van der Waals surface area contributed by atoms with Gasteiger partial charge in [0.05, 0.1) is 11.5 Å². The van der Waals surface area contributed by atoms with Crippen molar-refractivity contribution in [3.63, 3.8) is 0 Å². The summed E-state index contributed by atoms with van der Waals surface area (Å²) in [5, 5.41) is 0. The Kier molecular flexibility index (Phi) is 3.53. The maximum atomic E-state index is 6.11. The summed E-state index contributed by atoms with van der Waals surface area (Å²) in [7, 11) is -2.88. The van der Waals surface area contributed by atoms with Crippen molar-refractivity contribution in [1.82, 2.24) is 0 Å². The first kappa shape index (κ1) is 13.9. The van der Waals surface area contributed by atoms with Gasteiger partial charge in [0, 0.05) is 18.8 Å². The molecule has 0 saturated heterocycles. The Labute approximate surface area is 113 Å². The van der Waals surface area contributed by atoms with Crippen molar-refractivity contribution in [3.8, 4) is 0 Å². The highest BCUT2D eigenvalue weighted by atomic mass is 28.4. The second kappa shape index (κ2) is 4.56. The van der Waals surface area contributed by atoms with Crippen LogP contribution in [0.5, 0.6) is 0 Å². The van der Waals surface area contributed by atoms with E-state index in [4.69, 9.17) is 8.85 Å². The van der Waals surface area contributed by atoms with E-state index in [1.54, 1.807) is 0 Å². The van der Waals surface area contributed by atoms with Crippen molar-refractivity contribution in [2.45, 2.75) is 52.1 Å². The molecule has 0 fully saturated rings. The first-order chi connectivity index (χ1) is 8.12. The average molecular weight is 283 g/mol. The summed E-state index contributed by atoms with van der Waals surface area (Å²) in [4.78, 5) is 0. The second-order valence-corrected chi connectivity index (χ2v) is 16.3. The van der Waals surface area contributed by atoms with Crippen LogP contribution in [0.3, 0.4) is 0 Å². The van der Waals surface area contributed by atoms with Crippen LogP contribution in [-0.4, -0.2) is 16.6 Å². The quantitative estimate of drug-likeness (QED) is 0.707. The van der Waals surface area contributed by atoms with Crippen molar-refractivity contribution in [3.05, 3.63) is 23.7 Å². The fraction of sp³-hybridized carbons (Fsp3) is 0.714. The normalized spacial score (nSPS) is 27.7. The Morgan fingerprint density at radius 2 is 1.22 bits per heavy atom. The summed E-state index contributed by atoms with van der Waals surface area (Å²) >= 11 is 0. The van der Waals surface area contributed by atoms with Crippen molar-refractivity contribution in [2.24, 2.45) is 11.8 Å². The van der Waals surface area contributed by atoms with Crippen molar-refractivity contribution < 1.29 is 8.85 Å². The standard InChI is InChI=1S/C14H26O2Si2/c1-17(2,3)15-13-7-11-9-14(10-12(11)8-13)16-18(4,5)6/h7,9,11-12H,8,10H2,1-6H3. The summed E-state index contributed by atoms with van der Waals surface area (Å²) < 4.78 is 12.2. The highest BCUT2D eigenvalue weighted by Gasteiger charge is 2.36. The summed E-state index contributed by atoms with van der Waals surface area (Å²) in [6.45, 7) is 13.5. The average Bonchev–Trinajstić information content (AvgIpc) is 2.53. The lowest BCUT2D eigenvalue weighted by molar-refractivity contribution is 0.355. The predicted octanol–water partition coefficient (Wildman–Crippen LogP) is 4.50. The smallest absolute Gasteiger partial charge is 0.241 e. The number of rotatable bonds is 4. The molecule has 0 N–H and O–H groups in total. The number of hydrogen-bond acceptors (Lipinski definition) is 2. The summed E-state index contributed by atoms with van der Waals surface area (Å²) in [5.74, 6) is 3.71. The van der Waals surface area contributed by atoms with Gasteiger partial charge in [0.2, 0.25) is 16.6 Å². The molecule has 0 bridgehead atoms. The third-order valence-electron chi connectivity index (χ3n) is 3.10. The van der Waals surface area contributed by atoms with Crippen LogP contribution in [0.4, 0.5) is 0 Å². The zero-order valence-electron chi connectivity index (χ0n) is 12.5.